The predicted octanol–water partition coefficient (Wildman–Crippen LogP) is 2.10. The van der Waals surface area contributed by atoms with Gasteiger partial charge in [-0.2, -0.15) is 13.2 Å². The molecule has 0 saturated heterocycles. The number of amides is 2. The number of nitrogens with one attached hydrogen (secondary N) is 2. The van der Waals surface area contributed by atoms with Crippen LogP contribution in [0.25, 0.3) is 0 Å². The highest BCUT2D eigenvalue weighted by Gasteiger charge is 2.31. The first kappa shape index (κ1) is 24.7. The van der Waals surface area contributed by atoms with Crippen molar-refractivity contribution in [1.82, 2.24) is 10.6 Å². The molecule has 2 atom stereocenters. The molecule has 0 radical (unpaired) electrons. The number of carbonyl (C=O) groups is 3. The van der Waals surface area contributed by atoms with Gasteiger partial charge in [0.05, 0.1) is 12.2 Å². The van der Waals surface area contributed by atoms with Crippen LogP contribution in [0.3, 0.4) is 0 Å². The molecule has 32 heavy (non-hydrogen) atoms. The molecule has 172 valence electrons. The zero-order valence-corrected chi connectivity index (χ0v) is 16.6. The molecule has 0 aliphatic carbocycles. The topological polar surface area (TPSA) is 125 Å². The van der Waals surface area contributed by atoms with Crippen molar-refractivity contribution in [1.29, 1.82) is 0 Å². The van der Waals surface area contributed by atoms with Crippen molar-refractivity contribution in [3.05, 3.63) is 71.3 Å². The lowest BCUT2D eigenvalue weighted by Gasteiger charge is -2.20. The third-order valence-corrected chi connectivity index (χ3v) is 4.31. The van der Waals surface area contributed by atoms with Crippen molar-refractivity contribution < 1.29 is 42.5 Å². The predicted molar refractivity (Wildman–Crippen MR) is 105 cm³/mol. The smallest absolute Gasteiger partial charge is 0.416 e. The Morgan fingerprint density at radius 1 is 0.938 bits per heavy atom. The molecule has 0 aromatic heterocycles. The normalized spacial score (nSPS) is 13.0. The SMILES string of the molecule is O=C(N[C@@H](CO)C(=O)N[C@@H](Cc1cccc(C(F)(F)F)c1)C(=O)O)OCc1ccccc1. The van der Waals surface area contributed by atoms with E-state index in [2.05, 4.69) is 10.6 Å². The highest BCUT2D eigenvalue weighted by Crippen LogP contribution is 2.29. The molecule has 4 N–H and O–H groups in total. The summed E-state index contributed by atoms with van der Waals surface area (Å²) in [4.78, 5) is 35.7. The van der Waals surface area contributed by atoms with E-state index in [1.165, 1.54) is 6.07 Å². The molecule has 0 heterocycles. The monoisotopic (exact) mass is 454 g/mol. The van der Waals surface area contributed by atoms with E-state index in [1.54, 1.807) is 30.3 Å². The maximum absolute atomic E-state index is 12.9. The fourth-order valence-corrected chi connectivity index (χ4v) is 2.68. The van der Waals surface area contributed by atoms with Crippen LogP contribution in [0.2, 0.25) is 0 Å². The largest absolute Gasteiger partial charge is 0.480 e. The van der Waals surface area contributed by atoms with Crippen LogP contribution >= 0.6 is 0 Å². The van der Waals surface area contributed by atoms with Gasteiger partial charge in [-0.3, -0.25) is 4.79 Å². The third-order valence-electron chi connectivity index (χ3n) is 4.31. The molecule has 2 aromatic rings. The second-order valence-electron chi connectivity index (χ2n) is 6.74. The van der Waals surface area contributed by atoms with Gasteiger partial charge in [0.25, 0.3) is 0 Å². The summed E-state index contributed by atoms with van der Waals surface area (Å²) >= 11 is 0. The second-order valence-corrected chi connectivity index (χ2v) is 6.74. The first-order valence-corrected chi connectivity index (χ1v) is 9.37. The summed E-state index contributed by atoms with van der Waals surface area (Å²) in [5.74, 6) is -2.54. The Morgan fingerprint density at radius 3 is 2.19 bits per heavy atom. The van der Waals surface area contributed by atoms with Crippen LogP contribution in [-0.2, 0) is 33.5 Å². The number of carboxylic acids is 1. The number of alkyl carbamates (subject to hydrolysis) is 1. The van der Waals surface area contributed by atoms with Gasteiger partial charge in [-0.05, 0) is 17.2 Å². The van der Waals surface area contributed by atoms with E-state index in [-0.39, 0.29) is 12.2 Å². The number of halogens is 3. The van der Waals surface area contributed by atoms with E-state index >= 15 is 0 Å². The maximum atomic E-state index is 12.9. The minimum absolute atomic E-state index is 0.0308. The molecular weight excluding hydrogens is 433 g/mol. The fourth-order valence-electron chi connectivity index (χ4n) is 2.68. The Labute approximate surface area is 181 Å². The number of ether oxygens (including phenoxy) is 1. The molecule has 2 amide bonds. The number of hydrogen-bond donors (Lipinski definition) is 4. The lowest BCUT2D eigenvalue weighted by atomic mass is 10.0. The van der Waals surface area contributed by atoms with Gasteiger partial charge < -0.3 is 25.6 Å². The van der Waals surface area contributed by atoms with Crippen molar-refractivity contribution in [2.45, 2.75) is 31.3 Å². The minimum atomic E-state index is -4.61. The van der Waals surface area contributed by atoms with Crippen LogP contribution in [0.4, 0.5) is 18.0 Å². The average molecular weight is 454 g/mol. The number of hydrogen-bond acceptors (Lipinski definition) is 5. The van der Waals surface area contributed by atoms with Gasteiger partial charge in [0.1, 0.15) is 18.7 Å². The lowest BCUT2D eigenvalue weighted by Crippen LogP contribution is -2.53. The number of rotatable bonds is 9. The molecule has 0 saturated carbocycles. The van der Waals surface area contributed by atoms with Crippen molar-refractivity contribution in [2.24, 2.45) is 0 Å². The summed E-state index contributed by atoms with van der Waals surface area (Å²) in [5.41, 5.74) is -0.246. The van der Waals surface area contributed by atoms with E-state index in [1.807, 2.05) is 0 Å². The average Bonchev–Trinajstić information content (AvgIpc) is 2.75. The number of aliphatic hydroxyl groups is 1. The van der Waals surface area contributed by atoms with Crippen LogP contribution in [0.5, 0.6) is 0 Å². The molecule has 8 nitrogen and oxygen atoms in total. The van der Waals surface area contributed by atoms with E-state index in [4.69, 9.17) is 4.74 Å². The first-order chi connectivity index (χ1) is 15.1. The molecule has 2 rings (SSSR count). The number of carboxylic acid groups (broad SMARTS) is 1. The molecule has 0 aliphatic heterocycles. The van der Waals surface area contributed by atoms with Gasteiger partial charge >= 0.3 is 18.2 Å². The number of benzene rings is 2. The molecule has 2 aromatic carbocycles. The summed E-state index contributed by atoms with van der Waals surface area (Å²) in [6, 6.07) is 9.56. The van der Waals surface area contributed by atoms with Crippen molar-refractivity contribution in [3.63, 3.8) is 0 Å². The molecule has 0 fully saturated rings. The Balaban J connectivity index is 1.98. The molecular formula is C21H21F3N2O6. The van der Waals surface area contributed by atoms with Crippen molar-refractivity contribution in [3.8, 4) is 0 Å². The second kappa shape index (κ2) is 11.1. The van der Waals surface area contributed by atoms with Crippen molar-refractivity contribution >= 4 is 18.0 Å². The Morgan fingerprint density at radius 2 is 1.59 bits per heavy atom. The molecule has 0 spiro atoms. The van der Waals surface area contributed by atoms with Crippen molar-refractivity contribution in [2.75, 3.05) is 6.61 Å². The molecule has 11 heteroatoms. The maximum Gasteiger partial charge on any atom is 0.416 e. The standard InChI is InChI=1S/C21H21F3N2O6/c22-21(23,24)15-8-4-7-14(9-15)10-16(19(29)30)25-18(28)17(11-27)26-20(31)32-12-13-5-2-1-3-6-13/h1-9,16-17,27H,10-12H2,(H,25,28)(H,26,31)(H,29,30)/t16-,17-/m0/s1. The van der Waals surface area contributed by atoms with Crippen LogP contribution in [0, 0.1) is 0 Å². The number of carbonyl (C=O) groups excluding carboxylic acids is 2. The summed E-state index contributed by atoms with van der Waals surface area (Å²) in [7, 11) is 0. The van der Waals surface area contributed by atoms with Crippen LogP contribution < -0.4 is 10.6 Å². The fraction of sp³-hybridized carbons (Fsp3) is 0.286. The van der Waals surface area contributed by atoms with Gasteiger partial charge in [0, 0.05) is 6.42 Å². The number of aliphatic hydroxyl groups excluding tert-OH is 1. The van der Waals surface area contributed by atoms with Gasteiger partial charge in [0.15, 0.2) is 0 Å². The highest BCUT2D eigenvalue weighted by atomic mass is 19.4. The summed E-state index contributed by atoms with van der Waals surface area (Å²) in [6.07, 6.45) is -6.07. The Hall–Kier alpha value is -3.60. The Kier molecular flexibility index (Phi) is 8.59. The van der Waals surface area contributed by atoms with Crippen LogP contribution in [0.1, 0.15) is 16.7 Å². The van der Waals surface area contributed by atoms with Gasteiger partial charge in [-0.15, -0.1) is 0 Å². The van der Waals surface area contributed by atoms with Gasteiger partial charge in [-0.1, -0.05) is 48.5 Å². The Bertz CT molecular complexity index is 937. The van der Waals surface area contributed by atoms with Crippen LogP contribution in [0.15, 0.2) is 54.6 Å². The van der Waals surface area contributed by atoms with E-state index in [0.717, 1.165) is 18.2 Å². The number of alkyl halides is 3. The molecule has 0 aliphatic rings. The van der Waals surface area contributed by atoms with Gasteiger partial charge in [0.2, 0.25) is 5.91 Å². The van der Waals surface area contributed by atoms with E-state index in [0.29, 0.717) is 5.56 Å². The summed E-state index contributed by atoms with van der Waals surface area (Å²) in [6.45, 7) is -0.956. The first-order valence-electron chi connectivity index (χ1n) is 9.37. The van der Waals surface area contributed by atoms with Crippen LogP contribution in [-0.4, -0.2) is 46.9 Å². The van der Waals surface area contributed by atoms with Gasteiger partial charge in [-0.25, -0.2) is 9.59 Å². The lowest BCUT2D eigenvalue weighted by molar-refractivity contribution is -0.142. The minimum Gasteiger partial charge on any atom is -0.480 e. The number of aliphatic carboxylic acids is 1. The zero-order valence-electron chi connectivity index (χ0n) is 16.6. The summed E-state index contributed by atoms with van der Waals surface area (Å²) < 4.78 is 43.5. The zero-order chi connectivity index (χ0) is 23.7. The van der Waals surface area contributed by atoms with E-state index < -0.39 is 54.8 Å². The quantitative estimate of drug-likeness (QED) is 0.460. The highest BCUT2D eigenvalue weighted by molar-refractivity contribution is 5.89. The van der Waals surface area contributed by atoms with E-state index in [9.17, 15) is 37.8 Å². The third kappa shape index (κ3) is 7.58. The molecule has 0 bridgehead atoms. The summed E-state index contributed by atoms with van der Waals surface area (Å²) in [5, 5.41) is 23.0. The molecule has 0 unspecified atom stereocenters.